The Balaban J connectivity index is 2.91. The fourth-order valence-corrected chi connectivity index (χ4v) is 2.02. The normalized spacial score (nSPS) is 19.9. The molecule has 1 saturated heterocycles. The molecule has 1 heterocycles. The fourth-order valence-electron chi connectivity index (χ4n) is 2.02. The summed E-state index contributed by atoms with van der Waals surface area (Å²) in [5.74, 6) is -2.41. The van der Waals surface area contributed by atoms with E-state index in [0.717, 1.165) is 12.0 Å². The summed E-state index contributed by atoms with van der Waals surface area (Å²) in [5.41, 5.74) is 0. The van der Waals surface area contributed by atoms with Crippen molar-refractivity contribution in [3.63, 3.8) is 0 Å². The first-order chi connectivity index (χ1) is 9.27. The van der Waals surface area contributed by atoms with Crippen LogP contribution in [-0.2, 0) is 19.1 Å². The molecule has 8 heteroatoms. The number of likely N-dealkylation sites (tertiary alicyclic amines) is 1. The van der Waals surface area contributed by atoms with Crippen molar-refractivity contribution in [3.8, 4) is 0 Å². The molecule has 2 N–H and O–H groups in total. The molecule has 8 nitrogen and oxygen atoms in total. The molecular weight excluding hydrogens is 268 g/mol. The number of Topliss-reactive ketones (excluding diaryl/α,β-unsaturated/α-hetero) is 1. The van der Waals surface area contributed by atoms with E-state index in [9.17, 15) is 19.2 Å². The number of carbonyl (C=O) groups excluding carboxylic acids is 3. The first-order valence-electron chi connectivity index (χ1n) is 6.17. The number of hydrogen-bond acceptors (Lipinski definition) is 5. The van der Waals surface area contributed by atoms with Gasteiger partial charge in [0.15, 0.2) is 5.78 Å². The number of aliphatic carboxylic acids is 1. The van der Waals surface area contributed by atoms with Crippen molar-refractivity contribution < 1.29 is 29.0 Å². The molecule has 2 amide bonds. The minimum absolute atomic E-state index is 0.204. The van der Waals surface area contributed by atoms with Crippen LogP contribution in [0.3, 0.4) is 0 Å². The number of alkyl carbamates (subject to hydrolysis) is 1. The van der Waals surface area contributed by atoms with Gasteiger partial charge in [-0.05, 0) is 5.92 Å². The molecule has 1 rings (SSSR count). The molecule has 112 valence electrons. The Morgan fingerprint density at radius 2 is 2.00 bits per heavy atom. The van der Waals surface area contributed by atoms with E-state index in [1.54, 1.807) is 13.8 Å². The number of carboxylic acid groups (broad SMARTS) is 1. The Kier molecular flexibility index (Phi) is 5.06. The van der Waals surface area contributed by atoms with Crippen molar-refractivity contribution in [2.75, 3.05) is 13.7 Å². The van der Waals surface area contributed by atoms with Crippen LogP contribution in [0.4, 0.5) is 4.79 Å². The average Bonchev–Trinajstić information content (AvgIpc) is 2.76. The van der Waals surface area contributed by atoms with E-state index in [0.29, 0.717) is 0 Å². The SMILES string of the molecule is COC(=O)NC(C(=O)N1CC(=O)CC1C(=O)O)C(C)C. The molecule has 0 aromatic carbocycles. The van der Waals surface area contributed by atoms with E-state index in [-0.39, 0.29) is 24.7 Å². The lowest BCUT2D eigenvalue weighted by Gasteiger charge is -2.28. The van der Waals surface area contributed by atoms with Crippen LogP contribution in [0.25, 0.3) is 0 Å². The number of nitrogens with zero attached hydrogens (tertiary/aromatic N) is 1. The second-order valence-corrected chi connectivity index (χ2v) is 4.92. The van der Waals surface area contributed by atoms with Crippen molar-refractivity contribution in [2.24, 2.45) is 5.92 Å². The average molecular weight is 286 g/mol. The maximum Gasteiger partial charge on any atom is 0.407 e. The van der Waals surface area contributed by atoms with Gasteiger partial charge in [-0.15, -0.1) is 0 Å². The molecule has 1 aliphatic rings. The van der Waals surface area contributed by atoms with Crippen molar-refractivity contribution in [1.82, 2.24) is 10.2 Å². The van der Waals surface area contributed by atoms with E-state index in [2.05, 4.69) is 10.1 Å². The summed E-state index contributed by atoms with van der Waals surface area (Å²) in [7, 11) is 1.16. The van der Waals surface area contributed by atoms with Gasteiger partial charge in [-0.1, -0.05) is 13.8 Å². The third-order valence-electron chi connectivity index (χ3n) is 3.10. The maximum absolute atomic E-state index is 12.3. The monoisotopic (exact) mass is 286 g/mol. The fraction of sp³-hybridized carbons (Fsp3) is 0.667. The van der Waals surface area contributed by atoms with E-state index < -0.39 is 30.1 Å². The zero-order valence-corrected chi connectivity index (χ0v) is 11.6. The van der Waals surface area contributed by atoms with Gasteiger partial charge >= 0.3 is 12.1 Å². The van der Waals surface area contributed by atoms with Crippen molar-refractivity contribution in [1.29, 1.82) is 0 Å². The van der Waals surface area contributed by atoms with Gasteiger partial charge in [0.1, 0.15) is 12.1 Å². The third-order valence-corrected chi connectivity index (χ3v) is 3.10. The number of rotatable bonds is 4. The van der Waals surface area contributed by atoms with Crippen molar-refractivity contribution in [2.45, 2.75) is 32.4 Å². The highest BCUT2D eigenvalue weighted by Gasteiger charge is 2.42. The van der Waals surface area contributed by atoms with E-state index in [4.69, 9.17) is 5.11 Å². The Morgan fingerprint density at radius 1 is 1.40 bits per heavy atom. The molecule has 2 unspecified atom stereocenters. The smallest absolute Gasteiger partial charge is 0.407 e. The van der Waals surface area contributed by atoms with Crippen LogP contribution in [0, 0.1) is 5.92 Å². The molecule has 20 heavy (non-hydrogen) atoms. The quantitative estimate of drug-likeness (QED) is 0.728. The summed E-state index contributed by atoms with van der Waals surface area (Å²) in [6, 6.07) is -2.11. The zero-order chi connectivity index (χ0) is 15.4. The molecule has 0 radical (unpaired) electrons. The predicted octanol–water partition coefficient (Wildman–Crippen LogP) is -0.378. The van der Waals surface area contributed by atoms with Gasteiger partial charge in [-0.25, -0.2) is 9.59 Å². The van der Waals surface area contributed by atoms with Gasteiger partial charge in [-0.3, -0.25) is 9.59 Å². The van der Waals surface area contributed by atoms with Crippen molar-refractivity contribution in [3.05, 3.63) is 0 Å². The number of hydrogen-bond donors (Lipinski definition) is 2. The van der Waals surface area contributed by atoms with Gasteiger partial charge in [0.2, 0.25) is 5.91 Å². The van der Waals surface area contributed by atoms with E-state index in [1.165, 1.54) is 0 Å². The lowest BCUT2D eigenvalue weighted by Crippen LogP contribution is -2.53. The van der Waals surface area contributed by atoms with Crippen LogP contribution >= 0.6 is 0 Å². The highest BCUT2D eigenvalue weighted by atomic mass is 16.5. The topological polar surface area (TPSA) is 113 Å². The number of ketones is 1. The Bertz CT molecular complexity index is 434. The first-order valence-corrected chi connectivity index (χ1v) is 6.17. The summed E-state index contributed by atoms with van der Waals surface area (Å²) in [6.45, 7) is 3.15. The Labute approximate surface area is 116 Å². The number of carboxylic acids is 1. The zero-order valence-electron chi connectivity index (χ0n) is 11.6. The Hall–Kier alpha value is -2.12. The first kappa shape index (κ1) is 15.9. The molecule has 0 aromatic rings. The molecule has 0 spiro atoms. The molecule has 1 aliphatic heterocycles. The van der Waals surface area contributed by atoms with Crippen molar-refractivity contribution >= 4 is 23.8 Å². The highest BCUT2D eigenvalue weighted by Crippen LogP contribution is 2.18. The second-order valence-electron chi connectivity index (χ2n) is 4.92. The van der Waals surface area contributed by atoms with Gasteiger partial charge in [0, 0.05) is 6.42 Å². The molecule has 1 fully saturated rings. The maximum atomic E-state index is 12.3. The van der Waals surface area contributed by atoms with Crippen LogP contribution in [0.15, 0.2) is 0 Å². The van der Waals surface area contributed by atoms with E-state index >= 15 is 0 Å². The second kappa shape index (κ2) is 6.36. The van der Waals surface area contributed by atoms with E-state index in [1.807, 2.05) is 0 Å². The molecular formula is C12H18N2O6. The van der Waals surface area contributed by atoms with Crippen LogP contribution in [0.1, 0.15) is 20.3 Å². The summed E-state index contributed by atoms with van der Waals surface area (Å²) >= 11 is 0. The number of methoxy groups -OCH3 is 1. The molecule has 0 bridgehead atoms. The molecule has 0 saturated carbocycles. The Morgan fingerprint density at radius 3 is 2.45 bits per heavy atom. The van der Waals surface area contributed by atoms with Gasteiger partial charge in [-0.2, -0.15) is 0 Å². The largest absolute Gasteiger partial charge is 0.480 e. The number of nitrogens with one attached hydrogen (secondary N) is 1. The standard InChI is InChI=1S/C12H18N2O6/c1-6(2)9(13-12(19)20-3)10(16)14-5-7(15)4-8(14)11(17)18/h6,8-9H,4-5H2,1-3H3,(H,13,19)(H,17,18). The van der Waals surface area contributed by atoms with Crippen LogP contribution in [0.5, 0.6) is 0 Å². The minimum atomic E-state index is -1.23. The summed E-state index contributed by atoms with van der Waals surface area (Å²) < 4.78 is 4.44. The highest BCUT2D eigenvalue weighted by molar-refractivity contribution is 5.98. The lowest BCUT2D eigenvalue weighted by molar-refractivity contribution is -0.149. The van der Waals surface area contributed by atoms with Gasteiger partial charge in [0.25, 0.3) is 0 Å². The van der Waals surface area contributed by atoms with Gasteiger partial charge in [0.05, 0.1) is 13.7 Å². The predicted molar refractivity (Wildman–Crippen MR) is 66.9 cm³/mol. The molecule has 0 aromatic heterocycles. The minimum Gasteiger partial charge on any atom is -0.480 e. The summed E-state index contributed by atoms with van der Waals surface area (Å²) in [4.78, 5) is 47.0. The molecule has 0 aliphatic carbocycles. The van der Waals surface area contributed by atoms with Crippen LogP contribution in [0.2, 0.25) is 0 Å². The van der Waals surface area contributed by atoms with Gasteiger partial charge < -0.3 is 20.1 Å². The number of ether oxygens (including phenoxy) is 1. The van der Waals surface area contributed by atoms with Crippen LogP contribution < -0.4 is 5.32 Å². The summed E-state index contributed by atoms with van der Waals surface area (Å²) in [5, 5.41) is 11.4. The third kappa shape index (κ3) is 3.46. The molecule has 2 atom stereocenters. The number of amides is 2. The van der Waals surface area contributed by atoms with Crippen LogP contribution in [-0.4, -0.2) is 59.5 Å². The lowest BCUT2D eigenvalue weighted by atomic mass is 10.0. The summed E-state index contributed by atoms with van der Waals surface area (Å²) in [6.07, 6.45) is -0.987. The number of carbonyl (C=O) groups is 4.